The van der Waals surface area contributed by atoms with Crippen molar-refractivity contribution in [3.05, 3.63) is 0 Å². The first-order valence-corrected chi connectivity index (χ1v) is 7.96. The van der Waals surface area contributed by atoms with Crippen molar-refractivity contribution < 1.29 is 19.7 Å². The molecule has 0 aliphatic heterocycles. The molecule has 0 amide bonds. The Labute approximate surface area is 119 Å². The maximum atomic E-state index is 12.2. The van der Waals surface area contributed by atoms with E-state index in [0.29, 0.717) is 17.4 Å². The zero-order valence-corrected chi connectivity index (χ0v) is 12.5. The van der Waals surface area contributed by atoms with Crippen LogP contribution in [0.25, 0.3) is 0 Å². The molecule has 1 aliphatic carbocycles. The summed E-state index contributed by atoms with van der Waals surface area (Å²) in [6.45, 7) is 2.59. The fraction of sp³-hybridized carbons (Fsp3) is 0.923. The van der Waals surface area contributed by atoms with Gasteiger partial charge in [0.25, 0.3) is 0 Å². The third kappa shape index (κ3) is 4.63. The second-order valence-corrected chi connectivity index (χ2v) is 6.05. The number of carbonyl (C=O) groups excluding carboxylic acids is 1. The predicted octanol–water partition coefficient (Wildman–Crippen LogP) is 0.394. The van der Waals surface area contributed by atoms with Crippen LogP contribution in [0.1, 0.15) is 26.2 Å². The molecule has 0 radical (unpaired) electrons. The lowest BCUT2D eigenvalue weighted by Gasteiger charge is -2.32. The van der Waals surface area contributed by atoms with E-state index in [2.05, 4.69) is 12.2 Å². The maximum Gasteiger partial charge on any atom is 0.327 e. The van der Waals surface area contributed by atoms with Crippen molar-refractivity contribution in [3.8, 4) is 0 Å². The molecule has 1 aliphatic rings. The van der Waals surface area contributed by atoms with Crippen LogP contribution >= 0.6 is 11.8 Å². The molecule has 1 fully saturated rings. The number of thioether (sulfide) groups is 1. The molecule has 0 spiro atoms. The third-order valence-electron chi connectivity index (χ3n) is 3.37. The Balaban J connectivity index is 2.63. The van der Waals surface area contributed by atoms with E-state index >= 15 is 0 Å². The number of hydrogen-bond donors (Lipinski definition) is 3. The van der Waals surface area contributed by atoms with Gasteiger partial charge in [-0.15, -0.1) is 0 Å². The summed E-state index contributed by atoms with van der Waals surface area (Å²) >= 11 is 1.48. The van der Waals surface area contributed by atoms with Crippen LogP contribution in [0.4, 0.5) is 0 Å². The Kier molecular flexibility index (Phi) is 7.13. The number of carbonyl (C=O) groups is 1. The van der Waals surface area contributed by atoms with Gasteiger partial charge < -0.3 is 20.3 Å². The summed E-state index contributed by atoms with van der Waals surface area (Å²) in [6.07, 6.45) is 2.30. The molecule has 0 heterocycles. The van der Waals surface area contributed by atoms with Gasteiger partial charge in [-0.1, -0.05) is 6.92 Å². The van der Waals surface area contributed by atoms with E-state index in [-0.39, 0.29) is 12.6 Å². The third-order valence-corrected chi connectivity index (χ3v) is 4.65. The number of aliphatic hydroxyl groups is 2. The molecule has 2 atom stereocenters. The quantitative estimate of drug-likeness (QED) is 0.506. The van der Waals surface area contributed by atoms with Gasteiger partial charge in [-0.2, -0.15) is 11.8 Å². The summed E-state index contributed by atoms with van der Waals surface area (Å²) < 4.78 is 4.97. The minimum absolute atomic E-state index is 0.213. The number of ether oxygens (including phenoxy) is 1. The fourth-order valence-electron chi connectivity index (χ4n) is 2.13. The number of esters is 1. The van der Waals surface area contributed by atoms with Crippen molar-refractivity contribution >= 4 is 17.7 Å². The van der Waals surface area contributed by atoms with Crippen LogP contribution in [0, 0.1) is 5.92 Å². The van der Waals surface area contributed by atoms with Crippen molar-refractivity contribution in [2.24, 2.45) is 5.92 Å². The van der Waals surface area contributed by atoms with Crippen molar-refractivity contribution in [2.75, 3.05) is 31.8 Å². The van der Waals surface area contributed by atoms with E-state index < -0.39 is 11.6 Å². The SMILES string of the molecule is CCCNC(CSCC(O)CO)(C(=O)OC)C1CC1. The zero-order chi connectivity index (χ0) is 14.3. The lowest BCUT2D eigenvalue weighted by atomic mass is 9.95. The summed E-state index contributed by atoms with van der Waals surface area (Å²) in [7, 11) is 1.42. The van der Waals surface area contributed by atoms with Crippen LogP contribution in [0.15, 0.2) is 0 Å². The fourth-order valence-corrected chi connectivity index (χ4v) is 3.40. The molecule has 6 heteroatoms. The highest BCUT2D eigenvalue weighted by atomic mass is 32.2. The summed E-state index contributed by atoms with van der Waals surface area (Å²) in [5.74, 6) is 1.11. The highest BCUT2D eigenvalue weighted by Gasteiger charge is 2.51. The van der Waals surface area contributed by atoms with E-state index in [4.69, 9.17) is 9.84 Å². The smallest absolute Gasteiger partial charge is 0.327 e. The molecule has 0 bridgehead atoms. The maximum absolute atomic E-state index is 12.2. The topological polar surface area (TPSA) is 78.8 Å². The largest absolute Gasteiger partial charge is 0.468 e. The molecule has 112 valence electrons. The van der Waals surface area contributed by atoms with Gasteiger partial charge in [0.15, 0.2) is 0 Å². The van der Waals surface area contributed by atoms with Gasteiger partial charge in [0, 0.05) is 11.5 Å². The highest BCUT2D eigenvalue weighted by Crippen LogP contribution is 2.42. The lowest BCUT2D eigenvalue weighted by Crippen LogP contribution is -2.57. The van der Waals surface area contributed by atoms with E-state index in [0.717, 1.165) is 25.8 Å². The van der Waals surface area contributed by atoms with Crippen molar-refractivity contribution in [1.82, 2.24) is 5.32 Å². The number of rotatable bonds is 10. The minimum Gasteiger partial charge on any atom is -0.468 e. The zero-order valence-electron chi connectivity index (χ0n) is 11.7. The van der Waals surface area contributed by atoms with Gasteiger partial charge >= 0.3 is 5.97 Å². The molecule has 0 aromatic rings. The van der Waals surface area contributed by atoms with Crippen molar-refractivity contribution in [3.63, 3.8) is 0 Å². The minimum atomic E-state index is -0.731. The number of nitrogens with one attached hydrogen (secondary N) is 1. The molecular weight excluding hydrogens is 266 g/mol. The summed E-state index contributed by atoms with van der Waals surface area (Å²) in [4.78, 5) is 12.2. The molecule has 19 heavy (non-hydrogen) atoms. The van der Waals surface area contributed by atoms with Gasteiger partial charge in [0.2, 0.25) is 0 Å². The first kappa shape index (κ1) is 16.8. The normalized spacial score (nSPS) is 19.8. The summed E-state index contributed by atoms with van der Waals surface area (Å²) in [5.41, 5.74) is -0.634. The highest BCUT2D eigenvalue weighted by molar-refractivity contribution is 7.99. The van der Waals surface area contributed by atoms with E-state index in [1.165, 1.54) is 18.9 Å². The van der Waals surface area contributed by atoms with Gasteiger partial charge in [-0.25, -0.2) is 0 Å². The first-order valence-electron chi connectivity index (χ1n) is 6.80. The van der Waals surface area contributed by atoms with Gasteiger partial charge in [-0.05, 0) is 31.7 Å². The number of methoxy groups -OCH3 is 1. The molecule has 0 aromatic heterocycles. The molecule has 0 aromatic carbocycles. The van der Waals surface area contributed by atoms with Crippen LogP contribution < -0.4 is 5.32 Å². The van der Waals surface area contributed by atoms with Crippen LogP contribution in [0.3, 0.4) is 0 Å². The Morgan fingerprint density at radius 3 is 2.74 bits per heavy atom. The van der Waals surface area contributed by atoms with Crippen molar-refractivity contribution in [1.29, 1.82) is 0 Å². The second-order valence-electron chi connectivity index (χ2n) is 5.02. The van der Waals surface area contributed by atoms with Crippen LogP contribution in [0.2, 0.25) is 0 Å². The predicted molar refractivity (Wildman–Crippen MR) is 76.2 cm³/mol. The molecule has 2 unspecified atom stereocenters. The molecule has 1 saturated carbocycles. The summed E-state index contributed by atoms with van der Waals surface area (Å²) in [5, 5.41) is 21.5. The summed E-state index contributed by atoms with van der Waals surface area (Å²) in [6, 6.07) is 0. The van der Waals surface area contributed by atoms with Gasteiger partial charge in [0.05, 0.1) is 19.8 Å². The van der Waals surface area contributed by atoms with Crippen LogP contribution in [-0.4, -0.2) is 59.6 Å². The number of hydrogen-bond acceptors (Lipinski definition) is 6. The average molecular weight is 291 g/mol. The van der Waals surface area contributed by atoms with Gasteiger partial charge in [0.1, 0.15) is 5.54 Å². The Bertz CT molecular complexity index is 286. The van der Waals surface area contributed by atoms with Crippen LogP contribution in [-0.2, 0) is 9.53 Å². The average Bonchev–Trinajstić information content (AvgIpc) is 3.26. The second kappa shape index (κ2) is 8.09. The van der Waals surface area contributed by atoms with E-state index in [1.54, 1.807) is 0 Å². The van der Waals surface area contributed by atoms with E-state index in [1.807, 2.05) is 0 Å². The Hall–Kier alpha value is -0.300. The monoisotopic (exact) mass is 291 g/mol. The van der Waals surface area contributed by atoms with Gasteiger partial charge in [-0.3, -0.25) is 4.79 Å². The van der Waals surface area contributed by atoms with Crippen molar-refractivity contribution in [2.45, 2.75) is 37.8 Å². The van der Waals surface area contributed by atoms with E-state index in [9.17, 15) is 9.90 Å². The molecule has 5 nitrogen and oxygen atoms in total. The first-order chi connectivity index (χ1) is 9.10. The lowest BCUT2D eigenvalue weighted by molar-refractivity contribution is -0.148. The Morgan fingerprint density at radius 2 is 2.26 bits per heavy atom. The molecule has 1 rings (SSSR count). The molecule has 3 N–H and O–H groups in total. The number of aliphatic hydroxyl groups excluding tert-OH is 2. The molecule has 0 saturated heterocycles. The van der Waals surface area contributed by atoms with Crippen LogP contribution in [0.5, 0.6) is 0 Å². The standard InChI is InChI=1S/C13H25NO4S/c1-3-6-14-13(10-4-5-10,12(17)18-2)9-19-8-11(16)7-15/h10-11,14-16H,3-9H2,1-2H3. The molecular formula is C13H25NO4S. The Morgan fingerprint density at radius 1 is 1.58 bits per heavy atom.